The summed E-state index contributed by atoms with van der Waals surface area (Å²) in [5.74, 6) is -0.666. The number of nitrogens with zero attached hydrogens (tertiary/aromatic N) is 2. The van der Waals surface area contributed by atoms with E-state index in [1.54, 1.807) is 61.5 Å². The Bertz CT molecular complexity index is 1660. The fourth-order valence-electron chi connectivity index (χ4n) is 4.86. The lowest BCUT2D eigenvalue weighted by atomic mass is 10.0. The minimum absolute atomic E-state index is 0.0120. The second-order valence-electron chi connectivity index (χ2n) is 11.1. The van der Waals surface area contributed by atoms with Gasteiger partial charge in [-0.25, -0.2) is 8.42 Å². The molecule has 1 unspecified atom stereocenters. The monoisotopic (exact) mass is 631 g/mol. The molecule has 0 fully saturated rings. The summed E-state index contributed by atoms with van der Waals surface area (Å²) in [4.78, 5) is 29.8. The zero-order chi connectivity index (χ0) is 31.7. The van der Waals surface area contributed by atoms with Crippen molar-refractivity contribution < 1.29 is 18.0 Å². The minimum Gasteiger partial charge on any atom is -0.354 e. The number of anilines is 1. The van der Waals surface area contributed by atoms with Crippen LogP contribution in [-0.4, -0.2) is 44.3 Å². The Morgan fingerprint density at radius 1 is 0.818 bits per heavy atom. The molecule has 44 heavy (non-hydrogen) atoms. The summed E-state index contributed by atoms with van der Waals surface area (Å²) in [5.41, 5.74) is 2.58. The van der Waals surface area contributed by atoms with Gasteiger partial charge in [-0.1, -0.05) is 110 Å². The molecule has 0 radical (unpaired) electrons. The third-order valence-electron chi connectivity index (χ3n) is 7.25. The fraction of sp³-hybridized carbons (Fsp3) is 0.257. The summed E-state index contributed by atoms with van der Waals surface area (Å²) in [6.07, 6.45) is 0.233. The third kappa shape index (κ3) is 8.27. The van der Waals surface area contributed by atoms with Crippen LogP contribution in [0.4, 0.5) is 5.69 Å². The molecular formula is C35H38ClN3O4S. The van der Waals surface area contributed by atoms with Gasteiger partial charge < -0.3 is 10.2 Å². The van der Waals surface area contributed by atoms with Crippen molar-refractivity contribution in [2.45, 2.75) is 44.7 Å². The van der Waals surface area contributed by atoms with Gasteiger partial charge in [-0.2, -0.15) is 0 Å². The van der Waals surface area contributed by atoms with Crippen molar-refractivity contribution in [3.05, 3.63) is 131 Å². The number of carbonyl (C=O) groups is 2. The highest BCUT2D eigenvalue weighted by atomic mass is 35.5. The number of para-hydroxylation sites is 1. The van der Waals surface area contributed by atoms with Crippen LogP contribution in [0, 0.1) is 12.8 Å². The van der Waals surface area contributed by atoms with Crippen LogP contribution in [0.15, 0.2) is 114 Å². The minimum atomic E-state index is -4.15. The second kappa shape index (κ2) is 15.0. The van der Waals surface area contributed by atoms with E-state index in [9.17, 15) is 18.0 Å². The van der Waals surface area contributed by atoms with E-state index in [2.05, 4.69) is 5.32 Å². The van der Waals surface area contributed by atoms with Gasteiger partial charge >= 0.3 is 0 Å². The number of rotatable bonds is 13. The number of hydrogen-bond donors (Lipinski definition) is 1. The molecule has 0 saturated heterocycles. The highest BCUT2D eigenvalue weighted by molar-refractivity contribution is 7.92. The first-order valence-corrected chi connectivity index (χ1v) is 16.4. The van der Waals surface area contributed by atoms with Gasteiger partial charge in [0.15, 0.2) is 0 Å². The van der Waals surface area contributed by atoms with Crippen LogP contribution in [-0.2, 0) is 32.6 Å². The topological polar surface area (TPSA) is 86.8 Å². The number of benzene rings is 4. The van der Waals surface area contributed by atoms with Crippen LogP contribution in [0.5, 0.6) is 0 Å². The predicted molar refractivity (Wildman–Crippen MR) is 176 cm³/mol. The lowest BCUT2D eigenvalue weighted by molar-refractivity contribution is -0.140. The van der Waals surface area contributed by atoms with Crippen molar-refractivity contribution in [2.75, 3.05) is 17.4 Å². The second-order valence-corrected chi connectivity index (χ2v) is 13.3. The van der Waals surface area contributed by atoms with Crippen molar-refractivity contribution >= 4 is 39.1 Å². The fourth-order valence-corrected chi connectivity index (χ4v) is 6.56. The Morgan fingerprint density at radius 3 is 2.05 bits per heavy atom. The highest BCUT2D eigenvalue weighted by Gasteiger charge is 2.35. The van der Waals surface area contributed by atoms with Gasteiger partial charge in [-0.3, -0.25) is 13.9 Å². The zero-order valence-electron chi connectivity index (χ0n) is 25.2. The van der Waals surface area contributed by atoms with Crippen LogP contribution < -0.4 is 9.62 Å². The number of carbonyl (C=O) groups excluding carboxylic acids is 2. The number of amides is 2. The summed E-state index contributed by atoms with van der Waals surface area (Å²) < 4.78 is 29.3. The zero-order valence-corrected chi connectivity index (χ0v) is 26.8. The van der Waals surface area contributed by atoms with Crippen LogP contribution >= 0.6 is 11.6 Å². The molecule has 4 rings (SSSR count). The molecule has 1 atom stereocenters. The molecule has 7 nitrogen and oxygen atoms in total. The molecule has 0 saturated carbocycles. The third-order valence-corrected chi connectivity index (χ3v) is 9.39. The van der Waals surface area contributed by atoms with Crippen molar-refractivity contribution in [3.63, 3.8) is 0 Å². The van der Waals surface area contributed by atoms with Gasteiger partial charge in [0.1, 0.15) is 12.6 Å². The van der Waals surface area contributed by atoms with Crippen LogP contribution in [0.3, 0.4) is 0 Å². The summed E-state index contributed by atoms with van der Waals surface area (Å²) in [6.45, 7) is 5.71. The number of sulfonamides is 1. The standard InChI is InChI=1S/C35H38ClN3O4S/c1-26(2)23-37-35(41)33(22-28-15-6-4-7-16-28)38(24-29-17-11-12-20-31(29)36)34(40)25-39(32-21-13-10-14-27(32)3)44(42,43)30-18-8-5-9-19-30/h4-21,26,33H,22-25H2,1-3H3,(H,37,41). The van der Waals surface area contributed by atoms with Gasteiger partial charge in [0, 0.05) is 24.5 Å². The average Bonchev–Trinajstić information content (AvgIpc) is 3.02. The lowest BCUT2D eigenvalue weighted by Crippen LogP contribution is -2.53. The SMILES string of the molecule is Cc1ccccc1N(CC(=O)N(Cc1ccccc1Cl)C(Cc1ccccc1)C(=O)NCC(C)C)S(=O)(=O)c1ccccc1. The molecule has 0 heterocycles. The van der Waals surface area contributed by atoms with E-state index in [4.69, 9.17) is 11.6 Å². The molecule has 1 N–H and O–H groups in total. The van der Waals surface area contributed by atoms with Crippen molar-refractivity contribution in [2.24, 2.45) is 5.92 Å². The van der Waals surface area contributed by atoms with Gasteiger partial charge in [0.05, 0.1) is 10.6 Å². The molecule has 0 aliphatic heterocycles. The van der Waals surface area contributed by atoms with Crippen molar-refractivity contribution in [1.29, 1.82) is 0 Å². The molecule has 0 aromatic heterocycles. The van der Waals surface area contributed by atoms with Crippen molar-refractivity contribution in [3.8, 4) is 0 Å². The number of nitrogens with one attached hydrogen (secondary N) is 1. The molecule has 9 heteroatoms. The molecule has 2 amide bonds. The first-order chi connectivity index (χ1) is 21.1. The maximum absolute atomic E-state index is 14.5. The number of hydrogen-bond acceptors (Lipinski definition) is 4. The lowest BCUT2D eigenvalue weighted by Gasteiger charge is -2.34. The Kier molecular flexibility index (Phi) is 11.2. The molecule has 230 valence electrons. The maximum Gasteiger partial charge on any atom is 0.264 e. The molecule has 4 aromatic rings. The van der Waals surface area contributed by atoms with E-state index in [1.807, 2.05) is 56.3 Å². The Hall–Kier alpha value is -4.14. The van der Waals surface area contributed by atoms with E-state index in [0.717, 1.165) is 9.87 Å². The molecule has 0 spiro atoms. The number of aryl methyl sites for hydroxylation is 1. The van der Waals surface area contributed by atoms with Gasteiger partial charge in [-0.05, 0) is 53.8 Å². The summed E-state index contributed by atoms with van der Waals surface area (Å²) in [6, 6.07) is 30.7. The van der Waals surface area contributed by atoms with Crippen LogP contribution in [0.25, 0.3) is 0 Å². The van der Waals surface area contributed by atoms with E-state index in [0.29, 0.717) is 28.4 Å². The summed E-state index contributed by atoms with van der Waals surface area (Å²) in [7, 11) is -4.15. The first-order valence-electron chi connectivity index (χ1n) is 14.6. The van der Waals surface area contributed by atoms with E-state index < -0.39 is 28.5 Å². The van der Waals surface area contributed by atoms with Crippen LogP contribution in [0.1, 0.15) is 30.5 Å². The summed E-state index contributed by atoms with van der Waals surface area (Å²) in [5, 5.41) is 3.43. The van der Waals surface area contributed by atoms with Crippen molar-refractivity contribution in [1.82, 2.24) is 10.2 Å². The van der Waals surface area contributed by atoms with E-state index in [1.165, 1.54) is 17.0 Å². The highest BCUT2D eigenvalue weighted by Crippen LogP contribution is 2.28. The Balaban J connectivity index is 1.81. The van der Waals surface area contributed by atoms with Gasteiger partial charge in [0.2, 0.25) is 11.8 Å². The van der Waals surface area contributed by atoms with E-state index >= 15 is 0 Å². The molecule has 0 bridgehead atoms. The Morgan fingerprint density at radius 2 is 1.41 bits per heavy atom. The predicted octanol–water partition coefficient (Wildman–Crippen LogP) is 6.26. The normalized spacial score (nSPS) is 12.0. The first kappa shape index (κ1) is 32.8. The average molecular weight is 632 g/mol. The molecule has 0 aliphatic carbocycles. The molecular weight excluding hydrogens is 594 g/mol. The number of halogens is 1. The maximum atomic E-state index is 14.5. The van der Waals surface area contributed by atoms with Crippen LogP contribution in [0.2, 0.25) is 5.02 Å². The largest absolute Gasteiger partial charge is 0.354 e. The summed E-state index contributed by atoms with van der Waals surface area (Å²) >= 11 is 6.55. The Labute approximate surface area is 265 Å². The smallest absolute Gasteiger partial charge is 0.264 e. The van der Waals surface area contributed by atoms with Gasteiger partial charge in [-0.15, -0.1) is 0 Å². The quantitative estimate of drug-likeness (QED) is 0.189. The van der Waals surface area contributed by atoms with Gasteiger partial charge in [0.25, 0.3) is 10.0 Å². The van der Waals surface area contributed by atoms with E-state index in [-0.39, 0.29) is 29.7 Å². The molecule has 4 aromatic carbocycles. The molecule has 0 aliphatic rings.